The van der Waals surface area contributed by atoms with Gasteiger partial charge in [-0.25, -0.2) is 0 Å². The molecule has 0 aliphatic heterocycles. The SMILES string of the molecule is Cc1[nH]c2ccccc2c1CC(C#N)C#N. The van der Waals surface area contributed by atoms with Crippen LogP contribution in [0.1, 0.15) is 11.3 Å². The van der Waals surface area contributed by atoms with Crippen LogP contribution in [0.25, 0.3) is 10.9 Å². The Morgan fingerprint density at radius 2 is 1.94 bits per heavy atom. The maximum Gasteiger partial charge on any atom is 0.137 e. The van der Waals surface area contributed by atoms with Gasteiger partial charge < -0.3 is 4.98 Å². The van der Waals surface area contributed by atoms with Gasteiger partial charge in [-0.3, -0.25) is 0 Å². The van der Waals surface area contributed by atoms with E-state index in [-0.39, 0.29) is 0 Å². The van der Waals surface area contributed by atoms with Crippen molar-refractivity contribution >= 4 is 10.9 Å². The highest BCUT2D eigenvalue weighted by atomic mass is 14.7. The van der Waals surface area contributed by atoms with Crippen molar-refractivity contribution < 1.29 is 0 Å². The summed E-state index contributed by atoms with van der Waals surface area (Å²) in [4.78, 5) is 3.26. The molecule has 0 spiro atoms. The number of hydrogen-bond acceptors (Lipinski definition) is 2. The van der Waals surface area contributed by atoms with Gasteiger partial charge in [-0.15, -0.1) is 0 Å². The lowest BCUT2D eigenvalue weighted by Crippen LogP contribution is -1.99. The fourth-order valence-electron chi connectivity index (χ4n) is 1.92. The lowest BCUT2D eigenvalue weighted by Gasteiger charge is -2.00. The maximum atomic E-state index is 8.81. The topological polar surface area (TPSA) is 63.4 Å². The summed E-state index contributed by atoms with van der Waals surface area (Å²) in [6.07, 6.45) is 0.489. The van der Waals surface area contributed by atoms with Crippen LogP contribution >= 0.6 is 0 Å². The molecule has 0 fully saturated rings. The van der Waals surface area contributed by atoms with Crippen molar-refractivity contribution in [3.8, 4) is 12.1 Å². The van der Waals surface area contributed by atoms with Crippen LogP contribution in [0.2, 0.25) is 0 Å². The molecule has 0 saturated carbocycles. The molecule has 1 heterocycles. The molecule has 0 radical (unpaired) electrons. The smallest absolute Gasteiger partial charge is 0.137 e. The molecular weight excluding hydrogens is 198 g/mol. The van der Waals surface area contributed by atoms with E-state index in [0.717, 1.165) is 22.2 Å². The number of hydrogen-bond donors (Lipinski definition) is 1. The number of rotatable bonds is 2. The van der Waals surface area contributed by atoms with Gasteiger partial charge in [0.15, 0.2) is 0 Å². The van der Waals surface area contributed by atoms with E-state index < -0.39 is 5.92 Å². The average Bonchev–Trinajstić information content (AvgIpc) is 2.62. The summed E-state index contributed by atoms with van der Waals surface area (Å²) >= 11 is 0. The molecule has 0 saturated heterocycles. The first-order chi connectivity index (χ1) is 7.76. The molecule has 0 amide bonds. The molecule has 78 valence electrons. The molecule has 1 N–H and O–H groups in total. The highest BCUT2D eigenvalue weighted by Crippen LogP contribution is 2.24. The second kappa shape index (κ2) is 4.08. The average molecular weight is 209 g/mol. The second-order valence-electron chi connectivity index (χ2n) is 3.79. The predicted octanol–water partition coefficient (Wildman–Crippen LogP) is 2.68. The summed E-state index contributed by atoms with van der Waals surface area (Å²) in [5.74, 6) is -0.571. The Labute approximate surface area is 93.9 Å². The molecule has 2 rings (SSSR count). The molecule has 3 heteroatoms. The van der Waals surface area contributed by atoms with E-state index in [1.807, 2.05) is 43.3 Å². The van der Waals surface area contributed by atoms with Crippen LogP contribution in [0, 0.1) is 35.5 Å². The summed E-state index contributed by atoms with van der Waals surface area (Å²) in [6, 6.07) is 12.0. The number of aryl methyl sites for hydroxylation is 1. The van der Waals surface area contributed by atoms with E-state index in [1.54, 1.807) is 0 Å². The number of benzene rings is 1. The first kappa shape index (κ1) is 10.3. The standard InChI is InChI=1S/C13H11N3/c1-9-12(6-10(7-14)8-15)11-4-2-3-5-13(11)16-9/h2-5,10,16H,6H2,1H3. The molecule has 3 nitrogen and oxygen atoms in total. The van der Waals surface area contributed by atoms with Crippen LogP contribution in [0.5, 0.6) is 0 Å². The molecule has 0 bridgehead atoms. The van der Waals surface area contributed by atoms with Crippen molar-refractivity contribution in [3.05, 3.63) is 35.5 Å². The molecule has 0 aliphatic rings. The summed E-state index contributed by atoms with van der Waals surface area (Å²) in [5, 5.41) is 18.7. The molecule has 1 aromatic carbocycles. The Balaban J connectivity index is 2.49. The first-order valence-electron chi connectivity index (χ1n) is 5.11. The third-order valence-electron chi connectivity index (χ3n) is 2.75. The normalized spacial score (nSPS) is 10.2. The number of para-hydroxylation sites is 1. The van der Waals surface area contributed by atoms with Gasteiger partial charge in [-0.1, -0.05) is 18.2 Å². The van der Waals surface area contributed by atoms with Gasteiger partial charge in [0.1, 0.15) is 5.92 Å². The van der Waals surface area contributed by atoms with E-state index in [1.165, 1.54) is 0 Å². The minimum atomic E-state index is -0.571. The lowest BCUT2D eigenvalue weighted by atomic mass is 9.99. The molecule has 0 unspecified atom stereocenters. The van der Waals surface area contributed by atoms with E-state index in [2.05, 4.69) is 4.98 Å². The zero-order chi connectivity index (χ0) is 11.5. The van der Waals surface area contributed by atoms with E-state index in [9.17, 15) is 0 Å². The molecular formula is C13H11N3. The van der Waals surface area contributed by atoms with Gasteiger partial charge in [-0.05, 0) is 18.6 Å². The first-order valence-corrected chi connectivity index (χ1v) is 5.11. The number of nitrogens with one attached hydrogen (secondary N) is 1. The minimum Gasteiger partial charge on any atom is -0.358 e. The second-order valence-corrected chi connectivity index (χ2v) is 3.79. The molecule has 16 heavy (non-hydrogen) atoms. The van der Waals surface area contributed by atoms with Gasteiger partial charge in [0.2, 0.25) is 0 Å². The third-order valence-corrected chi connectivity index (χ3v) is 2.75. The van der Waals surface area contributed by atoms with Crippen LogP contribution in [0.15, 0.2) is 24.3 Å². The molecule has 1 aromatic heterocycles. The van der Waals surface area contributed by atoms with Crippen molar-refractivity contribution in [1.82, 2.24) is 4.98 Å². The quantitative estimate of drug-likeness (QED) is 0.826. The zero-order valence-electron chi connectivity index (χ0n) is 8.99. The van der Waals surface area contributed by atoms with Crippen LogP contribution in [-0.4, -0.2) is 4.98 Å². The summed E-state index contributed by atoms with van der Waals surface area (Å²) < 4.78 is 0. The van der Waals surface area contributed by atoms with Crippen molar-refractivity contribution in [1.29, 1.82) is 10.5 Å². The third kappa shape index (κ3) is 1.64. The Morgan fingerprint density at radius 1 is 1.25 bits per heavy atom. The van der Waals surface area contributed by atoms with Gasteiger partial charge in [0.25, 0.3) is 0 Å². The number of nitriles is 2. The summed E-state index contributed by atoms with van der Waals surface area (Å²) in [5.41, 5.74) is 3.17. The molecule has 0 aliphatic carbocycles. The fourth-order valence-corrected chi connectivity index (χ4v) is 1.92. The van der Waals surface area contributed by atoms with E-state index in [4.69, 9.17) is 10.5 Å². The highest BCUT2D eigenvalue weighted by Gasteiger charge is 2.13. The number of H-pyrrole nitrogens is 1. The van der Waals surface area contributed by atoms with Crippen molar-refractivity contribution in [3.63, 3.8) is 0 Å². The van der Waals surface area contributed by atoms with Gasteiger partial charge in [-0.2, -0.15) is 10.5 Å². The van der Waals surface area contributed by atoms with Crippen LogP contribution in [-0.2, 0) is 6.42 Å². The van der Waals surface area contributed by atoms with Crippen LogP contribution in [0.4, 0.5) is 0 Å². The summed E-state index contributed by atoms with van der Waals surface area (Å²) in [6.45, 7) is 1.97. The van der Waals surface area contributed by atoms with Crippen molar-refractivity contribution in [2.45, 2.75) is 13.3 Å². The minimum absolute atomic E-state index is 0.489. The number of aromatic amines is 1. The van der Waals surface area contributed by atoms with Gasteiger partial charge >= 0.3 is 0 Å². The number of nitrogens with zero attached hydrogens (tertiary/aromatic N) is 2. The monoisotopic (exact) mass is 209 g/mol. The van der Waals surface area contributed by atoms with Crippen LogP contribution in [0.3, 0.4) is 0 Å². The van der Waals surface area contributed by atoms with Crippen LogP contribution < -0.4 is 0 Å². The van der Waals surface area contributed by atoms with Gasteiger partial charge in [0, 0.05) is 23.0 Å². The zero-order valence-corrected chi connectivity index (χ0v) is 8.99. The van der Waals surface area contributed by atoms with E-state index in [0.29, 0.717) is 6.42 Å². The summed E-state index contributed by atoms with van der Waals surface area (Å²) in [7, 11) is 0. The predicted molar refractivity (Wildman–Crippen MR) is 61.5 cm³/mol. The van der Waals surface area contributed by atoms with Crippen molar-refractivity contribution in [2.24, 2.45) is 5.92 Å². The van der Waals surface area contributed by atoms with Crippen molar-refractivity contribution in [2.75, 3.05) is 0 Å². The maximum absolute atomic E-state index is 8.81. The largest absolute Gasteiger partial charge is 0.358 e. The fraction of sp³-hybridized carbons (Fsp3) is 0.231. The van der Waals surface area contributed by atoms with Gasteiger partial charge in [0.05, 0.1) is 12.1 Å². The molecule has 2 aromatic rings. The van der Waals surface area contributed by atoms with E-state index >= 15 is 0 Å². The Bertz CT molecular complexity index is 582. The molecule has 0 atom stereocenters. The number of fused-ring (bicyclic) bond motifs is 1. The Morgan fingerprint density at radius 3 is 2.62 bits per heavy atom. The lowest BCUT2D eigenvalue weighted by molar-refractivity contribution is 0.832. The highest BCUT2D eigenvalue weighted by molar-refractivity contribution is 5.84. The Hall–Kier alpha value is -2.26. The number of aromatic nitrogens is 1. The Kier molecular flexibility index (Phi) is 2.62.